The van der Waals surface area contributed by atoms with Crippen molar-refractivity contribution >= 4 is 52.7 Å². The number of carboxylic acids is 2. The molecule has 0 aliphatic carbocycles. The first kappa shape index (κ1) is 37.4. The van der Waals surface area contributed by atoms with Crippen molar-refractivity contribution in [2.75, 3.05) is 74.0 Å². The number of likely N-dealkylation sites (N-methyl/N-ethyl adjacent to an activating group) is 1. The van der Waals surface area contributed by atoms with Gasteiger partial charge in [0, 0.05) is 74.1 Å². The third kappa shape index (κ3) is 7.81. The highest BCUT2D eigenvalue weighted by molar-refractivity contribution is 5.99. The maximum Gasteiger partial charge on any atom is 0.336 e. The summed E-state index contributed by atoms with van der Waals surface area (Å²) in [6.45, 7) is 5.17. The molecule has 0 atom stereocenters. The SMILES string of the molecule is C=c1ccc2c(c1)Oc1cc(N3CC(C(=O)Nc4ccc(N(C)CC(=O)O)c(OCCOc5ccccc5N(C)C)c4)C3)ccc1C=2c1ccccc1C(=O)O. The van der Waals surface area contributed by atoms with Crippen molar-refractivity contribution in [1.29, 1.82) is 0 Å². The first-order chi connectivity index (χ1) is 27.0. The van der Waals surface area contributed by atoms with Crippen molar-refractivity contribution in [1.82, 2.24) is 0 Å². The van der Waals surface area contributed by atoms with Crippen LogP contribution in [0.2, 0.25) is 0 Å². The summed E-state index contributed by atoms with van der Waals surface area (Å²) in [5.74, 6) is -0.167. The third-order valence-corrected chi connectivity index (χ3v) is 9.77. The molecule has 2 aliphatic heterocycles. The number of hydrogen-bond acceptors (Lipinski definition) is 9. The molecule has 3 N–H and O–H groups in total. The molecule has 56 heavy (non-hydrogen) atoms. The zero-order chi connectivity index (χ0) is 39.5. The summed E-state index contributed by atoms with van der Waals surface area (Å²) < 4.78 is 18.5. The van der Waals surface area contributed by atoms with E-state index in [-0.39, 0.29) is 37.1 Å². The maximum atomic E-state index is 13.5. The highest BCUT2D eigenvalue weighted by Gasteiger charge is 2.34. The van der Waals surface area contributed by atoms with E-state index in [1.165, 1.54) is 0 Å². The molecule has 7 rings (SSSR count). The van der Waals surface area contributed by atoms with Crippen LogP contribution in [0, 0.1) is 5.92 Å². The van der Waals surface area contributed by atoms with Gasteiger partial charge in [-0.05, 0) is 59.3 Å². The number of rotatable bonds is 14. The normalized spacial score (nSPS) is 13.1. The van der Waals surface area contributed by atoms with Gasteiger partial charge >= 0.3 is 11.9 Å². The maximum absolute atomic E-state index is 13.5. The van der Waals surface area contributed by atoms with E-state index < -0.39 is 11.9 Å². The van der Waals surface area contributed by atoms with Gasteiger partial charge in [0.1, 0.15) is 42.8 Å². The van der Waals surface area contributed by atoms with Crippen molar-refractivity contribution in [2.24, 2.45) is 5.92 Å². The van der Waals surface area contributed by atoms with Gasteiger partial charge in [-0.2, -0.15) is 0 Å². The molecule has 0 aromatic heterocycles. The smallest absolute Gasteiger partial charge is 0.336 e. The molecule has 0 saturated carbocycles. The number of ether oxygens (including phenoxy) is 3. The Morgan fingerprint density at radius 3 is 2.29 bits per heavy atom. The number of anilines is 4. The van der Waals surface area contributed by atoms with Gasteiger partial charge in [0.15, 0.2) is 0 Å². The second-order valence-corrected chi connectivity index (χ2v) is 13.9. The lowest BCUT2D eigenvalue weighted by atomic mass is 9.89. The number of benzene rings is 5. The van der Waals surface area contributed by atoms with Crippen LogP contribution in [0.25, 0.3) is 12.2 Å². The van der Waals surface area contributed by atoms with E-state index in [0.717, 1.165) is 32.9 Å². The number of para-hydroxylation sites is 2. The standard InChI is InChI=1S/C44H42N4O8/c1-27-13-16-33-38(21-27)56-39-23-30(15-17-34(39)42(33)31-9-5-6-10-32(31)44(52)53)48-24-28(25-48)43(51)45-29-14-18-36(47(4)26-41(49)50)40(22-29)55-20-19-54-37-12-8-7-11-35(37)46(2)3/h5-18,21-23,28H,1,19-20,24-26H2,2-4H3,(H,45,51)(H,49,50)(H,52,53). The van der Waals surface area contributed by atoms with Gasteiger partial charge in [-0.15, -0.1) is 0 Å². The Morgan fingerprint density at radius 1 is 0.804 bits per heavy atom. The van der Waals surface area contributed by atoms with Crippen LogP contribution >= 0.6 is 0 Å². The Balaban J connectivity index is 1.04. The van der Waals surface area contributed by atoms with Gasteiger partial charge < -0.3 is 44.4 Å². The van der Waals surface area contributed by atoms with Crippen LogP contribution in [0.1, 0.15) is 21.5 Å². The fourth-order valence-electron chi connectivity index (χ4n) is 6.96. The summed E-state index contributed by atoms with van der Waals surface area (Å²) in [4.78, 5) is 42.8. The van der Waals surface area contributed by atoms with Crippen LogP contribution in [0.5, 0.6) is 23.0 Å². The number of nitrogens with one attached hydrogen (secondary N) is 1. The predicted octanol–water partition coefficient (Wildman–Crippen LogP) is 5.27. The third-order valence-electron chi connectivity index (χ3n) is 9.77. The molecular weight excluding hydrogens is 713 g/mol. The fourth-order valence-corrected chi connectivity index (χ4v) is 6.96. The van der Waals surface area contributed by atoms with E-state index in [4.69, 9.17) is 14.2 Å². The number of carboxylic acid groups (broad SMARTS) is 2. The van der Waals surface area contributed by atoms with Gasteiger partial charge in [0.05, 0.1) is 22.9 Å². The Kier molecular flexibility index (Phi) is 10.5. The second kappa shape index (κ2) is 15.8. The Hall–Kier alpha value is -6.95. The first-order valence-corrected chi connectivity index (χ1v) is 18.1. The van der Waals surface area contributed by atoms with Crippen molar-refractivity contribution < 1.29 is 38.8 Å². The van der Waals surface area contributed by atoms with Crippen molar-refractivity contribution in [3.63, 3.8) is 0 Å². The Morgan fingerprint density at radius 2 is 1.54 bits per heavy atom. The van der Waals surface area contributed by atoms with Crippen LogP contribution in [0.15, 0.2) is 103 Å². The average Bonchev–Trinajstić information content (AvgIpc) is 3.14. The molecule has 2 heterocycles. The number of nitrogens with zero attached hydrogens (tertiary/aromatic N) is 3. The second-order valence-electron chi connectivity index (χ2n) is 13.9. The van der Waals surface area contributed by atoms with Gasteiger partial charge in [-0.3, -0.25) is 9.59 Å². The van der Waals surface area contributed by atoms with Crippen LogP contribution in [-0.2, 0) is 9.59 Å². The summed E-state index contributed by atoms with van der Waals surface area (Å²) in [5.41, 5.74) is 5.18. The van der Waals surface area contributed by atoms with Crippen LogP contribution in [0.4, 0.5) is 22.7 Å². The van der Waals surface area contributed by atoms with E-state index in [2.05, 4.69) is 16.8 Å². The zero-order valence-electron chi connectivity index (χ0n) is 31.3. The monoisotopic (exact) mass is 754 g/mol. The van der Waals surface area contributed by atoms with Gasteiger partial charge in [0.2, 0.25) is 5.91 Å². The number of hydrogen-bond donors (Lipinski definition) is 3. The molecule has 0 radical (unpaired) electrons. The molecule has 1 saturated heterocycles. The van der Waals surface area contributed by atoms with E-state index in [1.54, 1.807) is 48.3 Å². The van der Waals surface area contributed by atoms with Crippen molar-refractivity contribution in [3.8, 4) is 23.0 Å². The molecule has 5 aromatic carbocycles. The zero-order valence-corrected chi connectivity index (χ0v) is 31.3. The van der Waals surface area contributed by atoms with Crippen LogP contribution < -0.4 is 44.7 Å². The first-order valence-electron chi connectivity index (χ1n) is 18.1. The van der Waals surface area contributed by atoms with E-state index in [1.807, 2.05) is 85.7 Å². The molecule has 1 fully saturated rings. The molecule has 1 amide bonds. The number of aliphatic carboxylic acids is 1. The number of fused-ring (bicyclic) bond motifs is 2. The fraction of sp³-hybridized carbons (Fsp3) is 0.205. The molecule has 0 unspecified atom stereocenters. The largest absolute Gasteiger partial charge is 0.488 e. The highest BCUT2D eigenvalue weighted by atomic mass is 16.5. The highest BCUT2D eigenvalue weighted by Crippen LogP contribution is 2.40. The number of amides is 1. The van der Waals surface area contributed by atoms with E-state index in [9.17, 15) is 24.6 Å². The van der Waals surface area contributed by atoms with Crippen molar-refractivity contribution in [2.45, 2.75) is 0 Å². The minimum absolute atomic E-state index is 0.158. The lowest BCUT2D eigenvalue weighted by Gasteiger charge is -2.40. The molecule has 5 aromatic rings. The Labute approximate surface area is 324 Å². The van der Waals surface area contributed by atoms with Crippen molar-refractivity contribution in [3.05, 3.63) is 130 Å². The molecule has 12 heteroatoms. The van der Waals surface area contributed by atoms with Crippen LogP contribution in [-0.4, -0.2) is 82.0 Å². The molecular formula is C44H42N4O8. The Bertz CT molecular complexity index is 2440. The number of carbonyl (C=O) groups is 3. The summed E-state index contributed by atoms with van der Waals surface area (Å²) in [5, 5.41) is 24.0. The van der Waals surface area contributed by atoms with Gasteiger partial charge in [-0.25, -0.2) is 4.79 Å². The number of carbonyl (C=O) groups excluding carboxylic acids is 1. The van der Waals surface area contributed by atoms with Gasteiger partial charge in [-0.1, -0.05) is 49.0 Å². The molecule has 2 aliphatic rings. The van der Waals surface area contributed by atoms with E-state index >= 15 is 0 Å². The summed E-state index contributed by atoms with van der Waals surface area (Å²) in [6, 6.07) is 31.2. The quantitative estimate of drug-likeness (QED) is 0.125. The summed E-state index contributed by atoms with van der Waals surface area (Å²) >= 11 is 0. The van der Waals surface area contributed by atoms with Crippen LogP contribution in [0.3, 0.4) is 0 Å². The van der Waals surface area contributed by atoms with E-state index in [0.29, 0.717) is 53.0 Å². The minimum Gasteiger partial charge on any atom is -0.488 e. The van der Waals surface area contributed by atoms with Gasteiger partial charge in [0.25, 0.3) is 0 Å². The topological polar surface area (TPSA) is 141 Å². The molecule has 12 nitrogen and oxygen atoms in total. The average molecular weight is 755 g/mol. The lowest BCUT2D eigenvalue weighted by Crippen LogP contribution is -2.52. The molecule has 0 spiro atoms. The lowest BCUT2D eigenvalue weighted by molar-refractivity contribution is -0.135. The predicted molar refractivity (Wildman–Crippen MR) is 216 cm³/mol. The number of aromatic carboxylic acids is 1. The molecule has 0 bridgehead atoms. The summed E-state index contributed by atoms with van der Waals surface area (Å²) in [7, 11) is 5.54. The molecule has 286 valence electrons. The summed E-state index contributed by atoms with van der Waals surface area (Å²) in [6.07, 6.45) is 0. The minimum atomic E-state index is -1.02.